The molecule has 0 spiro atoms. The summed E-state index contributed by atoms with van der Waals surface area (Å²) in [6.07, 6.45) is 1.01. The summed E-state index contributed by atoms with van der Waals surface area (Å²) in [5.41, 5.74) is 3.02. The van der Waals surface area contributed by atoms with Crippen molar-refractivity contribution in [3.05, 3.63) is 81.1 Å². The first-order valence-corrected chi connectivity index (χ1v) is 10.6. The number of rotatable bonds is 2. The van der Waals surface area contributed by atoms with Gasteiger partial charge in [0.2, 0.25) is 0 Å². The molecule has 5 nitrogen and oxygen atoms in total. The quantitative estimate of drug-likeness (QED) is 0.658. The fourth-order valence-electron chi connectivity index (χ4n) is 4.60. The molecular weight excluding hydrogens is 382 g/mol. The van der Waals surface area contributed by atoms with E-state index in [4.69, 9.17) is 5.26 Å². The largest absolute Gasteiger partial charge is 0.338 e. The van der Waals surface area contributed by atoms with Crippen LogP contribution >= 0.6 is 11.3 Å². The molecule has 2 aliphatic heterocycles. The Balaban J connectivity index is 1.44. The second kappa shape index (κ2) is 7.02. The molecule has 1 fully saturated rings. The molecule has 2 aromatic heterocycles. The van der Waals surface area contributed by atoms with Crippen molar-refractivity contribution in [2.75, 3.05) is 13.1 Å². The fourth-order valence-corrected chi connectivity index (χ4v) is 5.34. The number of hydrogen-bond donors (Lipinski definition) is 0. The van der Waals surface area contributed by atoms with Crippen LogP contribution < -0.4 is 5.56 Å². The molecule has 1 amide bonds. The number of piperidine rings is 1. The minimum Gasteiger partial charge on any atom is -0.338 e. The summed E-state index contributed by atoms with van der Waals surface area (Å²) >= 11 is 1.58. The Morgan fingerprint density at radius 2 is 1.90 bits per heavy atom. The van der Waals surface area contributed by atoms with Crippen LogP contribution in [-0.2, 0) is 6.54 Å². The summed E-state index contributed by atoms with van der Waals surface area (Å²) in [6, 6.07) is 16.8. The molecule has 1 saturated heterocycles. The molecule has 4 heterocycles. The third-order valence-electron chi connectivity index (χ3n) is 5.94. The number of hydrogen-bond acceptors (Lipinski definition) is 4. The second-order valence-electron chi connectivity index (χ2n) is 7.76. The van der Waals surface area contributed by atoms with Crippen molar-refractivity contribution in [1.29, 1.82) is 5.26 Å². The third-order valence-corrected chi connectivity index (χ3v) is 6.84. The Bertz CT molecular complexity index is 1170. The molecule has 1 aromatic carbocycles. The summed E-state index contributed by atoms with van der Waals surface area (Å²) in [4.78, 5) is 29.0. The van der Waals surface area contributed by atoms with Crippen LogP contribution in [0.2, 0.25) is 0 Å². The highest BCUT2D eigenvalue weighted by Gasteiger charge is 2.37. The zero-order valence-electron chi connectivity index (χ0n) is 15.7. The standard InChI is InChI=1S/C23H19N3O2S/c24-11-15-3-5-17(6-4-15)22(27)25-12-16-10-18(14-25)20-8-7-19(21-2-1-9-29-21)23(28)26(20)13-16/h1-9,16,18H,10,12-14H2/t16-,18+/m0/s1. The van der Waals surface area contributed by atoms with E-state index < -0.39 is 0 Å². The number of thiophene rings is 1. The molecule has 2 atom stereocenters. The first-order valence-electron chi connectivity index (χ1n) is 9.71. The smallest absolute Gasteiger partial charge is 0.259 e. The molecule has 0 unspecified atom stereocenters. The number of carbonyl (C=O) groups is 1. The van der Waals surface area contributed by atoms with Crippen molar-refractivity contribution < 1.29 is 4.79 Å². The summed E-state index contributed by atoms with van der Waals surface area (Å²) in [6.45, 7) is 1.93. The Kier molecular flexibility index (Phi) is 4.33. The van der Waals surface area contributed by atoms with Crippen molar-refractivity contribution in [2.45, 2.75) is 18.9 Å². The van der Waals surface area contributed by atoms with Crippen LogP contribution in [0.3, 0.4) is 0 Å². The van der Waals surface area contributed by atoms with Gasteiger partial charge in [-0.05, 0) is 60.2 Å². The predicted molar refractivity (Wildman–Crippen MR) is 112 cm³/mol. The topological polar surface area (TPSA) is 66.1 Å². The van der Waals surface area contributed by atoms with Gasteiger partial charge in [0, 0.05) is 41.7 Å². The minimum atomic E-state index is -0.00445. The summed E-state index contributed by atoms with van der Waals surface area (Å²) < 4.78 is 1.93. The van der Waals surface area contributed by atoms with Crippen LogP contribution in [0.25, 0.3) is 10.4 Å². The van der Waals surface area contributed by atoms with E-state index >= 15 is 0 Å². The predicted octanol–water partition coefficient (Wildman–Crippen LogP) is 3.71. The van der Waals surface area contributed by atoms with Gasteiger partial charge in [-0.25, -0.2) is 0 Å². The average Bonchev–Trinajstić information content (AvgIpc) is 3.28. The van der Waals surface area contributed by atoms with E-state index in [-0.39, 0.29) is 23.3 Å². The molecule has 0 saturated carbocycles. The third kappa shape index (κ3) is 3.08. The molecule has 2 aliphatic rings. The Hall–Kier alpha value is -3.17. The van der Waals surface area contributed by atoms with Gasteiger partial charge in [0.1, 0.15) is 0 Å². The molecule has 0 radical (unpaired) electrons. The molecule has 0 aliphatic carbocycles. The number of pyridine rings is 1. The van der Waals surface area contributed by atoms with Crippen molar-refractivity contribution in [3.8, 4) is 16.5 Å². The Morgan fingerprint density at radius 1 is 1.07 bits per heavy atom. The zero-order chi connectivity index (χ0) is 20.0. The first-order chi connectivity index (χ1) is 14.1. The highest BCUT2D eigenvalue weighted by atomic mass is 32.1. The lowest BCUT2D eigenvalue weighted by atomic mass is 9.82. The van der Waals surface area contributed by atoms with Crippen molar-refractivity contribution >= 4 is 17.2 Å². The molecule has 6 heteroatoms. The Labute approximate surface area is 172 Å². The van der Waals surface area contributed by atoms with Crippen molar-refractivity contribution in [2.24, 2.45) is 5.92 Å². The van der Waals surface area contributed by atoms with E-state index in [1.54, 1.807) is 35.6 Å². The lowest BCUT2D eigenvalue weighted by Gasteiger charge is -2.43. The number of nitrogens with zero attached hydrogens (tertiary/aromatic N) is 3. The number of carbonyl (C=O) groups excluding carboxylic acids is 1. The maximum absolute atomic E-state index is 13.1. The number of fused-ring (bicyclic) bond motifs is 4. The lowest BCUT2D eigenvalue weighted by molar-refractivity contribution is 0.0594. The molecule has 2 bridgehead atoms. The van der Waals surface area contributed by atoms with E-state index in [2.05, 4.69) is 12.1 Å². The van der Waals surface area contributed by atoms with Gasteiger partial charge in [0.05, 0.1) is 17.2 Å². The minimum absolute atomic E-state index is 0.00445. The molecular formula is C23H19N3O2S. The molecule has 0 N–H and O–H groups in total. The van der Waals surface area contributed by atoms with E-state index in [0.717, 1.165) is 22.6 Å². The van der Waals surface area contributed by atoms with Crippen molar-refractivity contribution in [3.63, 3.8) is 0 Å². The van der Waals surface area contributed by atoms with E-state index in [1.807, 2.05) is 33.0 Å². The van der Waals surface area contributed by atoms with Gasteiger partial charge in [0.25, 0.3) is 11.5 Å². The molecule has 29 heavy (non-hydrogen) atoms. The van der Waals surface area contributed by atoms with Crippen LogP contribution in [0.15, 0.2) is 58.7 Å². The lowest BCUT2D eigenvalue weighted by Crippen LogP contribution is -2.49. The van der Waals surface area contributed by atoms with Crippen LogP contribution in [0.1, 0.15) is 34.0 Å². The highest BCUT2D eigenvalue weighted by Crippen LogP contribution is 2.36. The highest BCUT2D eigenvalue weighted by molar-refractivity contribution is 7.13. The maximum Gasteiger partial charge on any atom is 0.259 e. The van der Waals surface area contributed by atoms with Gasteiger partial charge < -0.3 is 9.47 Å². The number of benzene rings is 1. The number of nitriles is 1. The van der Waals surface area contributed by atoms with Crippen molar-refractivity contribution in [1.82, 2.24) is 9.47 Å². The fraction of sp³-hybridized carbons (Fsp3) is 0.261. The van der Waals surface area contributed by atoms with E-state index in [0.29, 0.717) is 30.8 Å². The van der Waals surface area contributed by atoms with Crippen LogP contribution in [-0.4, -0.2) is 28.5 Å². The van der Waals surface area contributed by atoms with Gasteiger partial charge >= 0.3 is 0 Å². The number of aromatic nitrogens is 1. The zero-order valence-corrected chi connectivity index (χ0v) is 16.6. The summed E-state index contributed by atoms with van der Waals surface area (Å²) in [7, 11) is 0. The first kappa shape index (κ1) is 17.9. The van der Waals surface area contributed by atoms with Crippen LogP contribution in [0.4, 0.5) is 0 Å². The second-order valence-corrected chi connectivity index (χ2v) is 8.71. The maximum atomic E-state index is 13.1. The van der Waals surface area contributed by atoms with Crippen LogP contribution in [0, 0.1) is 17.2 Å². The van der Waals surface area contributed by atoms with Gasteiger partial charge in [-0.1, -0.05) is 6.07 Å². The van der Waals surface area contributed by atoms with Gasteiger partial charge in [-0.2, -0.15) is 5.26 Å². The SMILES string of the molecule is N#Cc1ccc(C(=O)N2C[C@@H]3C[C@H](C2)c2ccc(-c4cccs4)c(=O)n2C3)cc1. The number of amides is 1. The average molecular weight is 401 g/mol. The van der Waals surface area contributed by atoms with Gasteiger partial charge in [0.15, 0.2) is 0 Å². The normalized spacial score (nSPS) is 20.0. The van der Waals surface area contributed by atoms with Gasteiger partial charge in [-0.15, -0.1) is 11.3 Å². The monoisotopic (exact) mass is 401 g/mol. The van der Waals surface area contributed by atoms with Gasteiger partial charge in [-0.3, -0.25) is 9.59 Å². The summed E-state index contributed by atoms with van der Waals surface area (Å²) in [5, 5.41) is 10.9. The Morgan fingerprint density at radius 3 is 2.62 bits per heavy atom. The number of likely N-dealkylation sites (tertiary alicyclic amines) is 1. The summed E-state index contributed by atoms with van der Waals surface area (Å²) in [5.74, 6) is 0.449. The van der Waals surface area contributed by atoms with E-state index in [9.17, 15) is 9.59 Å². The van der Waals surface area contributed by atoms with Crippen LogP contribution in [0.5, 0.6) is 0 Å². The molecule has 144 valence electrons. The molecule has 3 aromatic rings. The van der Waals surface area contributed by atoms with E-state index in [1.165, 1.54) is 0 Å². The molecule has 5 rings (SSSR count).